The molecule has 0 spiro atoms. The van der Waals surface area contributed by atoms with Gasteiger partial charge in [0.15, 0.2) is 0 Å². The Labute approximate surface area is 164 Å². The number of carbonyl (C=O) groups is 1. The van der Waals surface area contributed by atoms with Crippen molar-refractivity contribution < 1.29 is 13.2 Å². The molecule has 1 atom stereocenters. The van der Waals surface area contributed by atoms with Crippen molar-refractivity contribution in [2.24, 2.45) is 5.92 Å². The summed E-state index contributed by atoms with van der Waals surface area (Å²) in [5.74, 6) is 0.613. The third-order valence-electron chi connectivity index (χ3n) is 4.93. The summed E-state index contributed by atoms with van der Waals surface area (Å²) < 4.78 is 27.0. The van der Waals surface area contributed by atoms with Crippen molar-refractivity contribution >= 4 is 39.1 Å². The van der Waals surface area contributed by atoms with Crippen molar-refractivity contribution in [2.75, 3.05) is 32.7 Å². The molecule has 2 fully saturated rings. The zero-order valence-corrected chi connectivity index (χ0v) is 16.9. The highest BCUT2D eigenvalue weighted by atomic mass is 35.5. The Hall–Kier alpha value is -0.860. The highest BCUT2D eigenvalue weighted by molar-refractivity contribution is 7.89. The molecule has 3 rings (SSSR count). The first-order chi connectivity index (χ1) is 12.3. The first-order valence-corrected chi connectivity index (χ1v) is 10.9. The summed E-state index contributed by atoms with van der Waals surface area (Å²) in [6.07, 6.45) is 2.37. The zero-order chi connectivity index (χ0) is 18.9. The molecule has 1 aliphatic carbocycles. The lowest BCUT2D eigenvalue weighted by molar-refractivity contribution is -0.123. The molecular weight excluding hydrogens is 397 g/mol. The Balaban J connectivity index is 1.55. The molecule has 1 aromatic rings. The Bertz CT molecular complexity index is 775. The highest BCUT2D eigenvalue weighted by Crippen LogP contribution is 2.32. The molecule has 9 heteroatoms. The van der Waals surface area contributed by atoms with Crippen LogP contribution in [0.2, 0.25) is 10.0 Å². The van der Waals surface area contributed by atoms with Gasteiger partial charge in [-0.25, -0.2) is 8.42 Å². The molecule has 1 amide bonds. The number of piperazine rings is 1. The second kappa shape index (κ2) is 8.02. The van der Waals surface area contributed by atoms with Crippen LogP contribution < -0.4 is 5.32 Å². The van der Waals surface area contributed by atoms with E-state index in [-0.39, 0.29) is 21.9 Å². The van der Waals surface area contributed by atoms with E-state index in [9.17, 15) is 13.2 Å². The van der Waals surface area contributed by atoms with Gasteiger partial charge in [-0.2, -0.15) is 4.31 Å². The van der Waals surface area contributed by atoms with Crippen LogP contribution in [0.5, 0.6) is 0 Å². The molecule has 1 heterocycles. The summed E-state index contributed by atoms with van der Waals surface area (Å²) in [7, 11) is -3.70. The topological polar surface area (TPSA) is 69.7 Å². The Morgan fingerprint density at radius 2 is 1.88 bits per heavy atom. The van der Waals surface area contributed by atoms with Crippen molar-refractivity contribution in [2.45, 2.75) is 30.7 Å². The van der Waals surface area contributed by atoms with Crippen LogP contribution >= 0.6 is 23.2 Å². The van der Waals surface area contributed by atoms with Crippen molar-refractivity contribution in [1.29, 1.82) is 0 Å². The number of carbonyl (C=O) groups excluding carboxylic acids is 1. The Morgan fingerprint density at radius 1 is 1.23 bits per heavy atom. The van der Waals surface area contributed by atoms with Crippen LogP contribution in [-0.2, 0) is 14.8 Å². The number of nitrogens with one attached hydrogen (secondary N) is 1. The molecule has 1 saturated heterocycles. The maximum atomic E-state index is 12.8. The minimum Gasteiger partial charge on any atom is -0.352 e. The summed E-state index contributed by atoms with van der Waals surface area (Å²) >= 11 is 12.0. The lowest BCUT2D eigenvalue weighted by atomic mass is 10.2. The molecule has 1 aromatic carbocycles. The molecule has 26 heavy (non-hydrogen) atoms. The number of rotatable bonds is 6. The first-order valence-electron chi connectivity index (χ1n) is 8.74. The normalized spacial score (nSPS) is 20.7. The average Bonchev–Trinajstić information content (AvgIpc) is 3.42. The van der Waals surface area contributed by atoms with Crippen LogP contribution in [0.4, 0.5) is 0 Å². The molecule has 1 saturated carbocycles. The van der Waals surface area contributed by atoms with E-state index in [1.54, 1.807) is 6.07 Å². The standard InChI is InChI=1S/C17H23Cl2N3O3S/c1-12(13-2-3-13)20-17(23)11-21-6-8-22(9-7-21)26(24,25)16-10-14(18)4-5-15(16)19/h4-5,10,12-13H,2-3,6-9,11H2,1H3,(H,20,23)/t12-/m1/s1. The molecule has 2 aliphatic rings. The van der Waals surface area contributed by atoms with E-state index in [4.69, 9.17) is 23.2 Å². The molecule has 0 radical (unpaired) electrons. The fraction of sp³-hybridized carbons (Fsp3) is 0.588. The van der Waals surface area contributed by atoms with Gasteiger partial charge in [0.05, 0.1) is 11.6 Å². The number of sulfonamides is 1. The fourth-order valence-corrected chi connectivity index (χ4v) is 5.32. The van der Waals surface area contributed by atoms with Gasteiger partial charge in [0.25, 0.3) is 0 Å². The van der Waals surface area contributed by atoms with Crippen LogP contribution in [0, 0.1) is 5.92 Å². The number of hydrogen-bond acceptors (Lipinski definition) is 4. The quantitative estimate of drug-likeness (QED) is 0.766. The van der Waals surface area contributed by atoms with E-state index in [0.29, 0.717) is 43.7 Å². The van der Waals surface area contributed by atoms with Crippen molar-refractivity contribution in [3.05, 3.63) is 28.2 Å². The van der Waals surface area contributed by atoms with Gasteiger partial charge in [0.2, 0.25) is 15.9 Å². The van der Waals surface area contributed by atoms with E-state index in [0.717, 1.165) is 0 Å². The monoisotopic (exact) mass is 419 g/mol. The lowest BCUT2D eigenvalue weighted by Gasteiger charge is -2.33. The highest BCUT2D eigenvalue weighted by Gasteiger charge is 2.32. The van der Waals surface area contributed by atoms with Gasteiger partial charge in [-0.15, -0.1) is 0 Å². The molecular formula is C17H23Cl2N3O3S. The van der Waals surface area contributed by atoms with Gasteiger partial charge in [0.1, 0.15) is 4.90 Å². The lowest BCUT2D eigenvalue weighted by Crippen LogP contribution is -2.51. The van der Waals surface area contributed by atoms with Crippen LogP contribution in [0.1, 0.15) is 19.8 Å². The third-order valence-corrected chi connectivity index (χ3v) is 7.54. The van der Waals surface area contributed by atoms with E-state index in [2.05, 4.69) is 5.32 Å². The summed E-state index contributed by atoms with van der Waals surface area (Å²) in [6.45, 7) is 3.97. The summed E-state index contributed by atoms with van der Waals surface area (Å²) in [4.78, 5) is 14.1. The predicted molar refractivity (Wildman–Crippen MR) is 102 cm³/mol. The first kappa shape index (κ1) is 19.9. The van der Waals surface area contributed by atoms with E-state index < -0.39 is 10.0 Å². The molecule has 144 valence electrons. The molecule has 1 N–H and O–H groups in total. The number of amides is 1. The summed E-state index contributed by atoms with van der Waals surface area (Å²) in [5, 5.41) is 3.51. The van der Waals surface area contributed by atoms with Gasteiger partial charge < -0.3 is 5.32 Å². The maximum absolute atomic E-state index is 12.8. The van der Waals surface area contributed by atoms with Crippen LogP contribution in [0.3, 0.4) is 0 Å². The second-order valence-electron chi connectivity index (χ2n) is 6.95. The van der Waals surface area contributed by atoms with Crippen molar-refractivity contribution in [1.82, 2.24) is 14.5 Å². The minimum atomic E-state index is -3.70. The summed E-state index contributed by atoms with van der Waals surface area (Å²) in [5.41, 5.74) is 0. The number of benzene rings is 1. The van der Waals surface area contributed by atoms with Crippen LogP contribution in [0.15, 0.2) is 23.1 Å². The fourth-order valence-electron chi connectivity index (χ4n) is 3.16. The average molecular weight is 420 g/mol. The van der Waals surface area contributed by atoms with E-state index in [1.165, 1.54) is 29.3 Å². The molecule has 0 unspecified atom stereocenters. The summed E-state index contributed by atoms with van der Waals surface area (Å²) in [6, 6.07) is 4.63. The molecule has 0 bridgehead atoms. The van der Waals surface area contributed by atoms with Crippen LogP contribution in [-0.4, -0.2) is 62.3 Å². The number of hydrogen-bond donors (Lipinski definition) is 1. The Kier molecular flexibility index (Phi) is 6.14. The minimum absolute atomic E-state index is 0.00130. The van der Waals surface area contributed by atoms with Gasteiger partial charge in [0, 0.05) is 37.2 Å². The van der Waals surface area contributed by atoms with Gasteiger partial charge in [-0.1, -0.05) is 23.2 Å². The number of halogens is 2. The SMILES string of the molecule is C[C@@H](NC(=O)CN1CCN(S(=O)(=O)c2cc(Cl)ccc2Cl)CC1)C1CC1. The molecule has 6 nitrogen and oxygen atoms in total. The maximum Gasteiger partial charge on any atom is 0.244 e. The largest absolute Gasteiger partial charge is 0.352 e. The third kappa shape index (κ3) is 4.70. The van der Waals surface area contributed by atoms with E-state index >= 15 is 0 Å². The predicted octanol–water partition coefficient (Wildman–Crippen LogP) is 2.21. The molecule has 1 aliphatic heterocycles. The van der Waals surface area contributed by atoms with Gasteiger partial charge in [-0.3, -0.25) is 9.69 Å². The van der Waals surface area contributed by atoms with Gasteiger partial charge in [-0.05, 0) is 43.9 Å². The second-order valence-corrected chi connectivity index (χ2v) is 9.70. The van der Waals surface area contributed by atoms with E-state index in [1.807, 2.05) is 11.8 Å². The van der Waals surface area contributed by atoms with Crippen molar-refractivity contribution in [3.63, 3.8) is 0 Å². The van der Waals surface area contributed by atoms with Crippen molar-refractivity contribution in [3.8, 4) is 0 Å². The smallest absolute Gasteiger partial charge is 0.244 e. The molecule has 0 aromatic heterocycles. The van der Waals surface area contributed by atoms with Gasteiger partial charge >= 0.3 is 0 Å². The zero-order valence-electron chi connectivity index (χ0n) is 14.6. The van der Waals surface area contributed by atoms with Crippen LogP contribution in [0.25, 0.3) is 0 Å². The number of nitrogens with zero attached hydrogens (tertiary/aromatic N) is 2. The Morgan fingerprint density at radius 3 is 2.50 bits per heavy atom.